The zero-order chi connectivity index (χ0) is 15.5. The molecule has 0 aromatic heterocycles. The van der Waals surface area contributed by atoms with E-state index in [9.17, 15) is 10.1 Å². The molecule has 7 heteroatoms. The molecule has 0 bridgehead atoms. The number of hydrogen-bond acceptors (Lipinski definition) is 3. The summed E-state index contributed by atoms with van der Waals surface area (Å²) in [5.74, 6) is 0.631. The molecule has 0 amide bonds. The van der Waals surface area contributed by atoms with Crippen LogP contribution in [0.4, 0.5) is 5.69 Å². The average molecular weight is 486 g/mol. The maximum Gasteiger partial charge on any atom is 0.271 e. The Hall–Kier alpha value is -0.140. The summed E-state index contributed by atoms with van der Waals surface area (Å²) < 4.78 is 7.19. The van der Waals surface area contributed by atoms with Crippen LogP contribution in [-0.4, -0.2) is 16.9 Å². The quantitative estimate of drug-likeness (QED) is 0.299. The van der Waals surface area contributed by atoms with E-state index in [-0.39, 0.29) is 11.1 Å². The van der Waals surface area contributed by atoms with E-state index >= 15 is 0 Å². The number of halogens is 3. The van der Waals surface area contributed by atoms with Crippen molar-refractivity contribution in [1.29, 1.82) is 0 Å². The van der Waals surface area contributed by atoms with Crippen LogP contribution < -0.4 is 4.74 Å². The van der Waals surface area contributed by atoms with Crippen LogP contribution >= 0.6 is 47.8 Å². The molecule has 0 spiro atoms. The summed E-state index contributed by atoms with van der Waals surface area (Å²) in [4.78, 5) is 10.4. The fraction of sp³-hybridized carbons (Fsp3) is 0.571. The van der Waals surface area contributed by atoms with E-state index in [4.69, 9.17) is 4.74 Å². The third kappa shape index (κ3) is 4.20. The Kier molecular flexibility index (Phi) is 6.08. The molecule has 4 nitrogen and oxygen atoms in total. The summed E-state index contributed by atoms with van der Waals surface area (Å²) in [6.07, 6.45) is 6.07. The maximum absolute atomic E-state index is 10.8. The highest BCUT2D eigenvalue weighted by Gasteiger charge is 2.32. The number of rotatable bonds is 5. The van der Waals surface area contributed by atoms with Crippen molar-refractivity contribution in [2.45, 2.75) is 32.1 Å². The van der Waals surface area contributed by atoms with Crippen molar-refractivity contribution in [3.05, 3.63) is 31.2 Å². The second kappa shape index (κ2) is 7.42. The van der Waals surface area contributed by atoms with Gasteiger partial charge in [0.25, 0.3) is 5.69 Å². The Balaban J connectivity index is 2.14. The number of non-ortho nitro benzene ring substituents is 1. The SMILES string of the molecule is O=[N+]([O-])c1cc(Br)c(OCC2(CBr)CCCCC2)c(Br)c1. The predicted molar refractivity (Wildman–Crippen MR) is 93.3 cm³/mol. The van der Waals surface area contributed by atoms with Gasteiger partial charge in [0.1, 0.15) is 5.75 Å². The first-order valence-electron chi connectivity index (χ1n) is 6.80. The molecule has 0 N–H and O–H groups in total. The number of benzene rings is 1. The molecule has 1 aliphatic carbocycles. The molecular weight excluding hydrogens is 470 g/mol. The molecule has 0 heterocycles. The minimum absolute atomic E-state index is 0.0361. The fourth-order valence-corrected chi connectivity index (χ4v) is 4.75. The molecule has 1 aromatic carbocycles. The van der Waals surface area contributed by atoms with Gasteiger partial charge >= 0.3 is 0 Å². The first kappa shape index (κ1) is 17.2. The average Bonchev–Trinajstić information content (AvgIpc) is 2.47. The molecule has 21 heavy (non-hydrogen) atoms. The van der Waals surface area contributed by atoms with Crippen LogP contribution in [0.1, 0.15) is 32.1 Å². The molecule has 1 aliphatic rings. The number of alkyl halides is 1. The molecule has 116 valence electrons. The molecule has 2 rings (SSSR count). The Morgan fingerprint density at radius 2 is 1.76 bits per heavy atom. The molecular formula is C14H16Br3NO3. The second-order valence-corrected chi connectivity index (χ2v) is 7.75. The van der Waals surface area contributed by atoms with Gasteiger partial charge < -0.3 is 4.74 Å². The highest BCUT2D eigenvalue weighted by molar-refractivity contribution is 9.11. The highest BCUT2D eigenvalue weighted by atomic mass is 79.9. The summed E-state index contributed by atoms with van der Waals surface area (Å²) in [5, 5.41) is 11.8. The van der Waals surface area contributed by atoms with Crippen molar-refractivity contribution in [1.82, 2.24) is 0 Å². The number of nitrogens with zero attached hydrogens (tertiary/aromatic N) is 1. The first-order valence-corrected chi connectivity index (χ1v) is 9.50. The van der Waals surface area contributed by atoms with Crippen LogP contribution in [0.3, 0.4) is 0 Å². The van der Waals surface area contributed by atoms with Crippen LogP contribution in [0.2, 0.25) is 0 Å². The fourth-order valence-electron chi connectivity index (χ4n) is 2.63. The smallest absolute Gasteiger partial charge is 0.271 e. The lowest BCUT2D eigenvalue weighted by Crippen LogP contribution is -2.32. The van der Waals surface area contributed by atoms with Gasteiger partial charge in [0, 0.05) is 22.9 Å². The van der Waals surface area contributed by atoms with Crippen LogP contribution in [0.15, 0.2) is 21.1 Å². The number of hydrogen-bond donors (Lipinski definition) is 0. The van der Waals surface area contributed by atoms with E-state index in [1.54, 1.807) is 0 Å². The molecule has 0 unspecified atom stereocenters. The van der Waals surface area contributed by atoms with Crippen molar-refractivity contribution in [2.75, 3.05) is 11.9 Å². The van der Waals surface area contributed by atoms with Gasteiger partial charge in [-0.3, -0.25) is 10.1 Å². The van der Waals surface area contributed by atoms with E-state index in [1.807, 2.05) is 0 Å². The monoisotopic (exact) mass is 483 g/mol. The molecule has 0 aliphatic heterocycles. The van der Waals surface area contributed by atoms with Crippen molar-refractivity contribution in [3.63, 3.8) is 0 Å². The lowest BCUT2D eigenvalue weighted by Gasteiger charge is -2.35. The Morgan fingerprint density at radius 1 is 1.19 bits per heavy atom. The van der Waals surface area contributed by atoms with Crippen LogP contribution in [0.5, 0.6) is 5.75 Å². The zero-order valence-electron chi connectivity index (χ0n) is 11.4. The van der Waals surface area contributed by atoms with Crippen LogP contribution in [0, 0.1) is 15.5 Å². The van der Waals surface area contributed by atoms with E-state index in [2.05, 4.69) is 47.8 Å². The molecule has 1 saturated carbocycles. The van der Waals surface area contributed by atoms with E-state index in [1.165, 1.54) is 31.4 Å². The van der Waals surface area contributed by atoms with Crippen molar-refractivity contribution < 1.29 is 9.66 Å². The highest BCUT2D eigenvalue weighted by Crippen LogP contribution is 2.41. The van der Waals surface area contributed by atoms with Crippen molar-refractivity contribution in [2.24, 2.45) is 5.41 Å². The number of nitro groups is 1. The van der Waals surface area contributed by atoms with E-state index in [0.717, 1.165) is 18.2 Å². The molecule has 0 saturated heterocycles. The Morgan fingerprint density at radius 3 is 2.24 bits per heavy atom. The van der Waals surface area contributed by atoms with Crippen molar-refractivity contribution >= 4 is 53.5 Å². The maximum atomic E-state index is 10.8. The van der Waals surface area contributed by atoms with Crippen LogP contribution in [-0.2, 0) is 0 Å². The van der Waals surface area contributed by atoms with Crippen molar-refractivity contribution in [3.8, 4) is 5.75 Å². The van der Waals surface area contributed by atoms with Gasteiger partial charge in [-0.25, -0.2) is 0 Å². The van der Waals surface area contributed by atoms with Gasteiger partial charge in [-0.2, -0.15) is 0 Å². The van der Waals surface area contributed by atoms with Gasteiger partial charge in [-0.15, -0.1) is 0 Å². The normalized spacial score (nSPS) is 17.5. The lowest BCUT2D eigenvalue weighted by atomic mass is 9.76. The summed E-state index contributed by atoms with van der Waals surface area (Å²) >= 11 is 10.3. The standard InChI is InChI=1S/C14H16Br3NO3/c15-8-14(4-2-1-3-5-14)9-21-13-11(16)6-10(18(19)20)7-12(13)17/h6-7H,1-5,8-9H2. The minimum atomic E-state index is -0.416. The van der Waals surface area contributed by atoms with E-state index < -0.39 is 4.92 Å². The Labute approximate surface area is 149 Å². The molecule has 0 radical (unpaired) electrons. The van der Waals surface area contributed by atoms with Crippen LogP contribution in [0.25, 0.3) is 0 Å². The molecule has 1 fully saturated rings. The summed E-state index contributed by atoms with van der Waals surface area (Å²) in [5.41, 5.74) is 0.202. The summed E-state index contributed by atoms with van der Waals surface area (Å²) in [6.45, 7) is 0.618. The van der Waals surface area contributed by atoms with Gasteiger partial charge in [-0.05, 0) is 44.7 Å². The molecule has 1 aromatic rings. The Bertz CT molecular complexity index is 507. The van der Waals surface area contributed by atoms with Gasteiger partial charge in [0.05, 0.1) is 20.5 Å². The number of ether oxygens (including phenoxy) is 1. The lowest BCUT2D eigenvalue weighted by molar-refractivity contribution is -0.385. The predicted octanol–water partition coefficient (Wildman–Crippen LogP) is 5.84. The topological polar surface area (TPSA) is 52.4 Å². The van der Waals surface area contributed by atoms with Gasteiger partial charge in [-0.1, -0.05) is 35.2 Å². The third-order valence-electron chi connectivity index (χ3n) is 3.91. The number of nitro benzene ring substituents is 1. The third-order valence-corrected chi connectivity index (χ3v) is 6.28. The second-order valence-electron chi connectivity index (χ2n) is 5.48. The van der Waals surface area contributed by atoms with E-state index in [0.29, 0.717) is 21.3 Å². The minimum Gasteiger partial charge on any atom is -0.491 e. The van der Waals surface area contributed by atoms with Gasteiger partial charge in [0.2, 0.25) is 0 Å². The molecule has 0 atom stereocenters. The largest absolute Gasteiger partial charge is 0.491 e. The first-order chi connectivity index (χ1) is 9.97. The van der Waals surface area contributed by atoms with Gasteiger partial charge in [0.15, 0.2) is 0 Å². The zero-order valence-corrected chi connectivity index (χ0v) is 16.2. The summed E-state index contributed by atoms with van der Waals surface area (Å²) in [7, 11) is 0. The summed E-state index contributed by atoms with van der Waals surface area (Å²) in [6, 6.07) is 2.95.